The Hall–Kier alpha value is -2.50. The van der Waals surface area contributed by atoms with Gasteiger partial charge in [-0.25, -0.2) is 4.79 Å². The van der Waals surface area contributed by atoms with Crippen molar-refractivity contribution in [1.82, 2.24) is 16.0 Å². The quantitative estimate of drug-likeness (QED) is 0.539. The lowest BCUT2D eigenvalue weighted by atomic mass is 9.83. The lowest BCUT2D eigenvalue weighted by Gasteiger charge is -2.50. The summed E-state index contributed by atoms with van der Waals surface area (Å²) in [7, 11) is 2.10. The highest BCUT2D eigenvalue weighted by Crippen LogP contribution is 2.37. The van der Waals surface area contributed by atoms with Crippen molar-refractivity contribution >= 4 is 22.4 Å². The van der Waals surface area contributed by atoms with Crippen molar-refractivity contribution in [3.05, 3.63) is 29.8 Å². The number of urea groups is 1. The van der Waals surface area contributed by atoms with Crippen LogP contribution < -0.4 is 20.7 Å². The first-order chi connectivity index (χ1) is 13.3. The number of hydrogen-bond acceptors (Lipinski definition) is 7. The Kier molecular flexibility index (Phi) is 7.11. The molecule has 3 amide bonds. The summed E-state index contributed by atoms with van der Waals surface area (Å²) in [6.45, 7) is 2.06. The van der Waals surface area contributed by atoms with Crippen LogP contribution in [0, 0.1) is 0 Å². The van der Waals surface area contributed by atoms with Gasteiger partial charge >= 0.3 is 16.5 Å². The number of carbonyl (C=O) groups excluding carboxylic acids is 2. The molecule has 0 bridgehead atoms. The number of rotatable bonds is 6. The Morgan fingerprint density at radius 3 is 2.36 bits per heavy atom. The van der Waals surface area contributed by atoms with Crippen molar-refractivity contribution in [3.8, 4) is 5.75 Å². The van der Waals surface area contributed by atoms with E-state index in [9.17, 15) is 18.0 Å². The molecule has 2 rings (SSSR count). The predicted molar refractivity (Wildman–Crippen MR) is 102 cm³/mol. The lowest BCUT2D eigenvalue weighted by Crippen LogP contribution is -2.72. The Bertz CT molecular complexity index is 841. The van der Waals surface area contributed by atoms with E-state index in [1.54, 1.807) is 24.3 Å². The summed E-state index contributed by atoms with van der Waals surface area (Å²) in [6, 6.07) is 6.13. The maximum Gasteiger partial charge on any atom is 0.321 e. The van der Waals surface area contributed by atoms with Crippen molar-refractivity contribution in [1.29, 1.82) is 0 Å². The van der Waals surface area contributed by atoms with Crippen molar-refractivity contribution in [3.63, 3.8) is 0 Å². The molecule has 11 heteroatoms. The SMILES string of the molecule is CNC(=O)NC(=O)C(CN=S(=O)=O)(c1ccc(OC)cc1)[N+]1(C)CCNCC1. The number of amides is 3. The standard InChI is InChI=1S/C17H25N5O5S/c1-18-16(24)21-15(23)17(12-20-28(25)26,22(2)10-8-19-9-11-22)13-4-6-14(27-3)7-5-13/h4-7,19H,8-12H2,1-3H3,(H-,18,21,23,24)/p+1. The molecule has 154 valence electrons. The normalized spacial score (nSPS) is 17.7. The fourth-order valence-corrected chi connectivity index (χ4v) is 3.87. The van der Waals surface area contributed by atoms with Crippen LogP contribution in [0.3, 0.4) is 0 Å². The predicted octanol–water partition coefficient (Wildman–Crippen LogP) is -0.541. The van der Waals surface area contributed by atoms with E-state index in [1.165, 1.54) is 14.2 Å². The van der Waals surface area contributed by atoms with Gasteiger partial charge in [0.05, 0.1) is 27.2 Å². The average Bonchev–Trinajstić information content (AvgIpc) is 2.69. The summed E-state index contributed by atoms with van der Waals surface area (Å²) in [5, 5.41) is 7.92. The summed E-state index contributed by atoms with van der Waals surface area (Å²) in [4.78, 5) is 25.3. The molecule has 0 radical (unpaired) electrons. The second-order valence-electron chi connectivity index (χ2n) is 6.72. The zero-order valence-corrected chi connectivity index (χ0v) is 17.0. The van der Waals surface area contributed by atoms with Gasteiger partial charge in [-0.1, -0.05) is 0 Å². The van der Waals surface area contributed by atoms with Gasteiger partial charge in [-0.15, -0.1) is 0 Å². The van der Waals surface area contributed by atoms with Crippen LogP contribution in [0.2, 0.25) is 0 Å². The molecule has 10 nitrogen and oxygen atoms in total. The molecule has 0 saturated carbocycles. The van der Waals surface area contributed by atoms with Crippen LogP contribution in [0.4, 0.5) is 4.79 Å². The minimum atomic E-state index is -2.70. The first-order valence-corrected chi connectivity index (χ1v) is 9.82. The third-order valence-corrected chi connectivity index (χ3v) is 5.62. The highest BCUT2D eigenvalue weighted by Gasteiger charge is 2.57. The lowest BCUT2D eigenvalue weighted by molar-refractivity contribution is -0.956. The topological polar surface area (TPSA) is 126 Å². The van der Waals surface area contributed by atoms with Crippen molar-refractivity contribution in [2.75, 3.05) is 53.9 Å². The third-order valence-electron chi connectivity index (χ3n) is 5.28. The Morgan fingerprint density at radius 2 is 1.86 bits per heavy atom. The summed E-state index contributed by atoms with van der Waals surface area (Å²) in [5.41, 5.74) is -0.866. The molecule has 0 spiro atoms. The summed E-state index contributed by atoms with van der Waals surface area (Å²) >= 11 is 0. The largest absolute Gasteiger partial charge is 0.497 e. The van der Waals surface area contributed by atoms with Crippen LogP contribution in [0.25, 0.3) is 0 Å². The van der Waals surface area contributed by atoms with Gasteiger partial charge in [0.2, 0.25) is 5.54 Å². The van der Waals surface area contributed by atoms with E-state index in [2.05, 4.69) is 20.3 Å². The van der Waals surface area contributed by atoms with Crippen molar-refractivity contribution in [2.24, 2.45) is 4.36 Å². The highest BCUT2D eigenvalue weighted by molar-refractivity contribution is 7.61. The van der Waals surface area contributed by atoms with Gasteiger partial charge in [0.1, 0.15) is 12.3 Å². The molecule has 1 aliphatic rings. The van der Waals surface area contributed by atoms with Crippen LogP contribution in [-0.2, 0) is 20.8 Å². The zero-order chi connectivity index (χ0) is 20.8. The summed E-state index contributed by atoms with van der Waals surface area (Å²) in [6.07, 6.45) is 0. The Morgan fingerprint density at radius 1 is 1.25 bits per heavy atom. The maximum absolute atomic E-state index is 13.4. The molecule has 1 saturated heterocycles. The molecular weight excluding hydrogens is 386 g/mol. The Balaban J connectivity index is 2.70. The van der Waals surface area contributed by atoms with Gasteiger partial charge in [-0.3, -0.25) is 10.1 Å². The number of methoxy groups -OCH3 is 1. The molecule has 1 atom stereocenters. The second-order valence-corrected chi connectivity index (χ2v) is 7.41. The second kappa shape index (κ2) is 9.13. The Labute approximate surface area is 165 Å². The van der Waals surface area contributed by atoms with E-state index in [-0.39, 0.29) is 11.0 Å². The number of ether oxygens (including phenoxy) is 1. The molecule has 1 aromatic carbocycles. The van der Waals surface area contributed by atoms with Gasteiger partial charge < -0.3 is 19.9 Å². The fourth-order valence-electron chi connectivity index (χ4n) is 3.57. The van der Waals surface area contributed by atoms with E-state index >= 15 is 0 Å². The number of nitrogens with zero attached hydrogens (tertiary/aromatic N) is 2. The summed E-state index contributed by atoms with van der Waals surface area (Å²) in [5.74, 6) is -0.0210. The van der Waals surface area contributed by atoms with Crippen LogP contribution in [-0.4, -0.2) is 78.8 Å². The van der Waals surface area contributed by atoms with Crippen molar-refractivity contribution < 1.29 is 27.2 Å². The van der Waals surface area contributed by atoms with Crippen LogP contribution >= 0.6 is 0 Å². The molecular formula is C17H26N5O5S+. The van der Waals surface area contributed by atoms with E-state index < -0.39 is 28.0 Å². The number of nitrogens with one attached hydrogen (secondary N) is 3. The molecule has 1 aromatic rings. The highest BCUT2D eigenvalue weighted by atomic mass is 32.2. The van der Waals surface area contributed by atoms with Gasteiger partial charge in [0.25, 0.3) is 5.91 Å². The van der Waals surface area contributed by atoms with Crippen LogP contribution in [0.1, 0.15) is 5.56 Å². The number of quaternary nitrogens is 1. The molecule has 28 heavy (non-hydrogen) atoms. The number of carbonyl (C=O) groups is 2. The maximum atomic E-state index is 13.4. The molecule has 1 aliphatic heterocycles. The number of piperazine rings is 1. The van der Waals surface area contributed by atoms with Gasteiger partial charge in [0.15, 0.2) is 0 Å². The van der Waals surface area contributed by atoms with Gasteiger partial charge in [-0.05, 0) is 24.3 Å². The van der Waals surface area contributed by atoms with Crippen molar-refractivity contribution in [2.45, 2.75) is 5.54 Å². The minimum Gasteiger partial charge on any atom is -0.497 e. The fraction of sp³-hybridized carbons (Fsp3) is 0.529. The first-order valence-electron chi connectivity index (χ1n) is 8.79. The average molecular weight is 412 g/mol. The van der Waals surface area contributed by atoms with Crippen LogP contribution in [0.15, 0.2) is 28.6 Å². The van der Waals surface area contributed by atoms with E-state index in [4.69, 9.17) is 4.74 Å². The number of hydrogen-bond donors (Lipinski definition) is 3. The van der Waals surface area contributed by atoms with Crippen LogP contribution in [0.5, 0.6) is 5.75 Å². The number of benzene rings is 1. The van der Waals surface area contributed by atoms with Gasteiger partial charge in [0, 0.05) is 25.7 Å². The van der Waals surface area contributed by atoms with E-state index in [0.29, 0.717) is 37.5 Å². The number of imide groups is 1. The molecule has 0 aliphatic carbocycles. The van der Waals surface area contributed by atoms with E-state index in [1.807, 2.05) is 7.05 Å². The number of likely N-dealkylation sites (N-methyl/N-ethyl adjacent to an activating group) is 1. The van der Waals surface area contributed by atoms with E-state index in [0.717, 1.165) is 0 Å². The molecule has 1 fully saturated rings. The molecule has 0 aromatic heterocycles. The zero-order valence-electron chi connectivity index (χ0n) is 16.2. The third kappa shape index (κ3) is 4.32. The first kappa shape index (κ1) is 21.8. The minimum absolute atomic E-state index is 0.190. The molecule has 3 N–H and O–H groups in total. The van der Waals surface area contributed by atoms with Gasteiger partial charge in [-0.2, -0.15) is 12.8 Å². The molecule has 1 heterocycles. The summed E-state index contributed by atoms with van der Waals surface area (Å²) < 4.78 is 31.5. The smallest absolute Gasteiger partial charge is 0.321 e. The monoisotopic (exact) mass is 412 g/mol. The molecule has 1 unspecified atom stereocenters.